The molecule has 2 aromatic carbocycles. The first-order valence-corrected chi connectivity index (χ1v) is 8.86. The lowest BCUT2D eigenvalue weighted by atomic mass is 10.1. The number of nitrogens with one attached hydrogen (secondary N) is 2. The zero-order valence-electron chi connectivity index (χ0n) is 12.9. The summed E-state index contributed by atoms with van der Waals surface area (Å²) in [5.74, 6) is -0.0860. The smallest absolute Gasteiger partial charge is 0.240 e. The van der Waals surface area contributed by atoms with E-state index in [0.717, 1.165) is 16.1 Å². The second-order valence-electron chi connectivity index (χ2n) is 5.26. The average molecular weight is 357 g/mol. The molecule has 0 saturated heterocycles. The van der Waals surface area contributed by atoms with Gasteiger partial charge in [-0.2, -0.15) is 0 Å². The third-order valence-corrected chi connectivity index (χ3v) is 4.85. The van der Waals surface area contributed by atoms with Crippen molar-refractivity contribution >= 4 is 34.5 Å². The van der Waals surface area contributed by atoms with Crippen molar-refractivity contribution in [2.45, 2.75) is 6.04 Å². The summed E-state index contributed by atoms with van der Waals surface area (Å²) in [6.07, 6.45) is 0. The van der Waals surface area contributed by atoms with Gasteiger partial charge >= 0.3 is 0 Å². The molecule has 3 aromatic rings. The van der Waals surface area contributed by atoms with Crippen molar-refractivity contribution in [1.29, 1.82) is 0 Å². The van der Waals surface area contributed by atoms with E-state index < -0.39 is 0 Å². The Morgan fingerprint density at radius 3 is 2.46 bits per heavy atom. The second kappa shape index (κ2) is 7.99. The van der Waals surface area contributed by atoms with Gasteiger partial charge in [0.1, 0.15) is 0 Å². The number of anilines is 1. The normalized spacial score (nSPS) is 11.7. The summed E-state index contributed by atoms with van der Waals surface area (Å²) in [4.78, 5) is 13.5. The Bertz CT molecular complexity index is 790. The number of carbonyl (C=O) groups is 1. The molecule has 0 radical (unpaired) electrons. The third-order valence-electron chi connectivity index (χ3n) is 3.58. The fourth-order valence-electron chi connectivity index (χ4n) is 2.41. The predicted octanol–water partition coefficient (Wildman–Crippen LogP) is 4.72. The zero-order chi connectivity index (χ0) is 16.8. The number of amides is 1. The Hall–Kier alpha value is -2.30. The van der Waals surface area contributed by atoms with E-state index in [1.807, 2.05) is 66.0 Å². The van der Waals surface area contributed by atoms with Gasteiger partial charge in [-0.05, 0) is 29.1 Å². The summed E-state index contributed by atoms with van der Waals surface area (Å²) in [5, 5.41) is 8.78. The molecular formula is C19H17ClN2OS. The molecule has 24 heavy (non-hydrogen) atoms. The minimum atomic E-state index is -0.147. The maximum atomic E-state index is 12.4. The third kappa shape index (κ3) is 4.16. The van der Waals surface area contributed by atoms with E-state index in [0.29, 0.717) is 5.02 Å². The van der Waals surface area contributed by atoms with Crippen molar-refractivity contribution in [1.82, 2.24) is 5.32 Å². The van der Waals surface area contributed by atoms with Crippen LogP contribution in [0.5, 0.6) is 0 Å². The van der Waals surface area contributed by atoms with Crippen LogP contribution in [0.25, 0.3) is 0 Å². The topological polar surface area (TPSA) is 41.1 Å². The van der Waals surface area contributed by atoms with Gasteiger partial charge in [-0.25, -0.2) is 0 Å². The van der Waals surface area contributed by atoms with Crippen molar-refractivity contribution in [3.05, 3.63) is 87.6 Å². The highest BCUT2D eigenvalue weighted by Gasteiger charge is 2.17. The molecule has 1 heterocycles. The minimum Gasteiger partial charge on any atom is -0.375 e. The molecule has 0 spiro atoms. The Labute approximate surface area is 150 Å². The van der Waals surface area contributed by atoms with Gasteiger partial charge in [0.05, 0.1) is 23.3 Å². The van der Waals surface area contributed by atoms with Crippen LogP contribution in [0.2, 0.25) is 5.02 Å². The molecule has 0 bridgehead atoms. The number of benzene rings is 2. The van der Waals surface area contributed by atoms with Crippen LogP contribution in [0.3, 0.4) is 0 Å². The number of hydrogen-bond acceptors (Lipinski definition) is 3. The van der Waals surface area contributed by atoms with Crippen LogP contribution in [0.15, 0.2) is 72.1 Å². The maximum absolute atomic E-state index is 12.4. The van der Waals surface area contributed by atoms with Crippen molar-refractivity contribution < 1.29 is 4.79 Å². The first-order valence-electron chi connectivity index (χ1n) is 7.60. The molecule has 2 N–H and O–H groups in total. The van der Waals surface area contributed by atoms with Crippen LogP contribution >= 0.6 is 22.9 Å². The zero-order valence-corrected chi connectivity index (χ0v) is 14.5. The maximum Gasteiger partial charge on any atom is 0.240 e. The lowest BCUT2D eigenvalue weighted by Crippen LogP contribution is -2.33. The van der Waals surface area contributed by atoms with Gasteiger partial charge in [-0.15, -0.1) is 11.3 Å². The Morgan fingerprint density at radius 2 is 1.75 bits per heavy atom. The van der Waals surface area contributed by atoms with Crippen molar-refractivity contribution in [2.24, 2.45) is 0 Å². The van der Waals surface area contributed by atoms with Crippen LogP contribution < -0.4 is 10.6 Å². The Kier molecular flexibility index (Phi) is 5.51. The number of carbonyl (C=O) groups excluding carboxylic acids is 1. The number of thiophene rings is 1. The first-order chi connectivity index (χ1) is 11.7. The minimum absolute atomic E-state index is 0.0860. The first kappa shape index (κ1) is 16.6. The van der Waals surface area contributed by atoms with Gasteiger partial charge in [-0.1, -0.05) is 60.1 Å². The Balaban J connectivity index is 1.69. The van der Waals surface area contributed by atoms with Gasteiger partial charge in [-0.3, -0.25) is 4.79 Å². The molecule has 0 aliphatic rings. The van der Waals surface area contributed by atoms with Crippen LogP contribution in [0.4, 0.5) is 5.69 Å². The van der Waals surface area contributed by atoms with Crippen LogP contribution in [-0.4, -0.2) is 12.5 Å². The molecular weight excluding hydrogens is 340 g/mol. The van der Waals surface area contributed by atoms with E-state index in [2.05, 4.69) is 10.6 Å². The van der Waals surface area contributed by atoms with Crippen molar-refractivity contribution in [3.8, 4) is 0 Å². The summed E-state index contributed by atoms with van der Waals surface area (Å²) in [6, 6.07) is 21.2. The molecule has 0 saturated carbocycles. The molecule has 1 atom stereocenters. The van der Waals surface area contributed by atoms with E-state index in [1.165, 1.54) is 0 Å². The van der Waals surface area contributed by atoms with Gasteiger partial charge in [0.15, 0.2) is 0 Å². The Morgan fingerprint density at radius 1 is 1.00 bits per heavy atom. The summed E-state index contributed by atoms with van der Waals surface area (Å²) in [7, 11) is 0. The molecule has 1 amide bonds. The number of hydrogen-bond donors (Lipinski definition) is 2. The van der Waals surface area contributed by atoms with Crippen LogP contribution in [0.1, 0.15) is 16.5 Å². The van der Waals surface area contributed by atoms with Gasteiger partial charge in [0.2, 0.25) is 5.91 Å². The number of para-hydroxylation sites is 1. The monoisotopic (exact) mass is 356 g/mol. The average Bonchev–Trinajstić information content (AvgIpc) is 3.14. The van der Waals surface area contributed by atoms with E-state index in [1.54, 1.807) is 17.4 Å². The second-order valence-corrected chi connectivity index (χ2v) is 6.65. The summed E-state index contributed by atoms with van der Waals surface area (Å²) in [5.41, 5.74) is 1.81. The van der Waals surface area contributed by atoms with E-state index in [-0.39, 0.29) is 18.5 Å². The molecule has 0 aliphatic heterocycles. The SMILES string of the molecule is O=C(CNc1ccccc1Cl)N[C@H](c1ccccc1)c1cccs1. The fourth-order valence-corrected chi connectivity index (χ4v) is 3.42. The molecule has 0 fully saturated rings. The highest BCUT2D eigenvalue weighted by molar-refractivity contribution is 7.10. The van der Waals surface area contributed by atoms with Crippen LogP contribution in [0, 0.1) is 0 Å². The van der Waals surface area contributed by atoms with E-state index >= 15 is 0 Å². The summed E-state index contributed by atoms with van der Waals surface area (Å²) in [6.45, 7) is 0.165. The largest absolute Gasteiger partial charge is 0.375 e. The summed E-state index contributed by atoms with van der Waals surface area (Å²) >= 11 is 7.73. The van der Waals surface area contributed by atoms with Crippen LogP contribution in [-0.2, 0) is 4.79 Å². The van der Waals surface area contributed by atoms with Gasteiger partial charge in [0, 0.05) is 4.88 Å². The van der Waals surface area contributed by atoms with Gasteiger partial charge in [0.25, 0.3) is 0 Å². The molecule has 0 aliphatic carbocycles. The molecule has 122 valence electrons. The van der Waals surface area contributed by atoms with Gasteiger partial charge < -0.3 is 10.6 Å². The molecule has 3 rings (SSSR count). The number of rotatable bonds is 6. The molecule has 0 unspecified atom stereocenters. The van der Waals surface area contributed by atoms with Crippen molar-refractivity contribution in [2.75, 3.05) is 11.9 Å². The van der Waals surface area contributed by atoms with E-state index in [4.69, 9.17) is 11.6 Å². The lowest BCUT2D eigenvalue weighted by Gasteiger charge is -2.18. The highest BCUT2D eigenvalue weighted by atomic mass is 35.5. The molecule has 3 nitrogen and oxygen atoms in total. The summed E-state index contributed by atoms with van der Waals surface area (Å²) < 4.78 is 0. The molecule has 1 aromatic heterocycles. The lowest BCUT2D eigenvalue weighted by molar-refractivity contribution is -0.119. The quantitative estimate of drug-likeness (QED) is 0.671. The van der Waals surface area contributed by atoms with Crippen molar-refractivity contribution in [3.63, 3.8) is 0 Å². The molecule has 5 heteroatoms. The highest BCUT2D eigenvalue weighted by Crippen LogP contribution is 2.26. The van der Waals surface area contributed by atoms with E-state index in [9.17, 15) is 4.79 Å². The standard InChI is InChI=1S/C19H17ClN2OS/c20-15-9-4-5-10-16(15)21-13-18(23)22-19(17-11-6-12-24-17)14-7-2-1-3-8-14/h1-12,19,21H,13H2,(H,22,23)/t19-/m1/s1. The predicted molar refractivity (Wildman–Crippen MR) is 101 cm³/mol. The number of halogens is 1. The fraction of sp³-hybridized carbons (Fsp3) is 0.105.